The Kier molecular flexibility index (Phi) is 4.52. The number of nitrogens with zero attached hydrogens (tertiary/aromatic N) is 3. The van der Waals surface area contributed by atoms with Crippen molar-refractivity contribution >= 4 is 6.08 Å². The van der Waals surface area contributed by atoms with Gasteiger partial charge in [0.05, 0.1) is 24.2 Å². The highest BCUT2D eigenvalue weighted by Gasteiger charge is 2.14. The number of allylic oxidation sites excluding steroid dienone is 1. The van der Waals surface area contributed by atoms with E-state index in [0.717, 1.165) is 35.7 Å². The lowest BCUT2D eigenvalue weighted by molar-refractivity contribution is 0.316. The predicted molar refractivity (Wildman–Crippen MR) is 100.0 cm³/mol. The fourth-order valence-corrected chi connectivity index (χ4v) is 3.11. The summed E-state index contributed by atoms with van der Waals surface area (Å²) in [7, 11) is 0. The Balaban J connectivity index is 1.44. The van der Waals surface area contributed by atoms with Crippen molar-refractivity contribution in [3.05, 3.63) is 64.9 Å². The number of oxazole rings is 1. The molecule has 0 aliphatic heterocycles. The molecular weight excluding hydrogens is 326 g/mol. The first-order valence-corrected chi connectivity index (χ1v) is 8.87. The molecule has 1 aliphatic carbocycles. The Morgan fingerprint density at radius 3 is 2.92 bits per heavy atom. The second-order valence-electron chi connectivity index (χ2n) is 6.43. The molecular formula is C21H21N3O2. The van der Waals surface area contributed by atoms with Crippen molar-refractivity contribution in [2.75, 3.05) is 6.61 Å². The summed E-state index contributed by atoms with van der Waals surface area (Å²) >= 11 is 0. The van der Waals surface area contributed by atoms with Crippen molar-refractivity contribution in [1.82, 2.24) is 15.0 Å². The van der Waals surface area contributed by atoms with Gasteiger partial charge in [-0.3, -0.25) is 4.98 Å². The smallest absolute Gasteiger partial charge is 0.247 e. The molecule has 0 N–H and O–H groups in total. The van der Waals surface area contributed by atoms with E-state index >= 15 is 0 Å². The monoisotopic (exact) mass is 347 g/mol. The third-order valence-corrected chi connectivity index (χ3v) is 4.52. The van der Waals surface area contributed by atoms with Gasteiger partial charge in [-0.05, 0) is 38.3 Å². The summed E-state index contributed by atoms with van der Waals surface area (Å²) in [5.41, 5.74) is 4.96. The quantitative estimate of drug-likeness (QED) is 0.687. The Labute approximate surface area is 152 Å². The lowest BCUT2D eigenvalue weighted by atomic mass is 9.97. The van der Waals surface area contributed by atoms with Crippen LogP contribution in [0.5, 0.6) is 5.75 Å². The van der Waals surface area contributed by atoms with Gasteiger partial charge in [0.25, 0.3) is 0 Å². The third-order valence-electron chi connectivity index (χ3n) is 4.52. The van der Waals surface area contributed by atoms with Gasteiger partial charge in [-0.25, -0.2) is 9.97 Å². The van der Waals surface area contributed by atoms with Crippen LogP contribution in [-0.2, 0) is 12.8 Å². The van der Waals surface area contributed by atoms with E-state index in [1.54, 1.807) is 12.4 Å². The molecule has 5 heteroatoms. The molecule has 1 aromatic carbocycles. The molecule has 26 heavy (non-hydrogen) atoms. The van der Waals surface area contributed by atoms with Crippen LogP contribution >= 0.6 is 0 Å². The lowest BCUT2D eigenvalue weighted by Crippen LogP contribution is -2.06. The zero-order chi connectivity index (χ0) is 17.9. The third kappa shape index (κ3) is 3.38. The summed E-state index contributed by atoms with van der Waals surface area (Å²) in [4.78, 5) is 13.1. The number of fused-ring (bicyclic) bond motifs is 1. The number of hydrogen-bond acceptors (Lipinski definition) is 5. The normalized spacial score (nSPS) is 12.8. The van der Waals surface area contributed by atoms with Gasteiger partial charge >= 0.3 is 0 Å². The SMILES string of the molecule is Cc1cnc(-c2nc(CCOc3cccc4c3CCC=C4)c(C)o2)cn1. The van der Waals surface area contributed by atoms with Crippen LogP contribution < -0.4 is 4.74 Å². The molecule has 0 spiro atoms. The van der Waals surface area contributed by atoms with Crippen molar-refractivity contribution in [2.45, 2.75) is 33.1 Å². The zero-order valence-corrected chi connectivity index (χ0v) is 15.0. The summed E-state index contributed by atoms with van der Waals surface area (Å²) in [6.45, 7) is 4.38. The van der Waals surface area contributed by atoms with Crippen LogP contribution in [0.3, 0.4) is 0 Å². The highest BCUT2D eigenvalue weighted by molar-refractivity contribution is 5.60. The zero-order valence-electron chi connectivity index (χ0n) is 15.0. The molecule has 0 atom stereocenters. The van der Waals surface area contributed by atoms with Crippen LogP contribution in [0.15, 0.2) is 41.1 Å². The molecule has 1 aliphatic rings. The largest absolute Gasteiger partial charge is 0.493 e. The summed E-state index contributed by atoms with van der Waals surface area (Å²) in [5, 5.41) is 0. The van der Waals surface area contributed by atoms with Crippen LogP contribution in [0.1, 0.15) is 34.7 Å². The topological polar surface area (TPSA) is 61.0 Å². The van der Waals surface area contributed by atoms with Crippen molar-refractivity contribution in [2.24, 2.45) is 0 Å². The van der Waals surface area contributed by atoms with Crippen LogP contribution in [0.25, 0.3) is 17.7 Å². The number of benzene rings is 1. The van der Waals surface area contributed by atoms with E-state index < -0.39 is 0 Å². The van der Waals surface area contributed by atoms with E-state index in [1.165, 1.54) is 11.1 Å². The van der Waals surface area contributed by atoms with Gasteiger partial charge in [-0.2, -0.15) is 0 Å². The fraction of sp³-hybridized carbons (Fsp3) is 0.286. The van der Waals surface area contributed by atoms with Crippen molar-refractivity contribution in [3.63, 3.8) is 0 Å². The van der Waals surface area contributed by atoms with Gasteiger partial charge in [-0.1, -0.05) is 24.3 Å². The van der Waals surface area contributed by atoms with E-state index in [0.29, 0.717) is 24.6 Å². The van der Waals surface area contributed by atoms with E-state index in [9.17, 15) is 0 Å². The molecule has 0 saturated heterocycles. The molecule has 132 valence electrons. The summed E-state index contributed by atoms with van der Waals surface area (Å²) in [5.74, 6) is 2.27. The van der Waals surface area contributed by atoms with Crippen LogP contribution in [0, 0.1) is 13.8 Å². The molecule has 0 fully saturated rings. The minimum Gasteiger partial charge on any atom is -0.493 e. The minimum atomic E-state index is 0.507. The number of rotatable bonds is 5. The van der Waals surface area contributed by atoms with Crippen LogP contribution in [-0.4, -0.2) is 21.6 Å². The maximum absolute atomic E-state index is 6.05. The van der Waals surface area contributed by atoms with Gasteiger partial charge in [0.2, 0.25) is 5.89 Å². The molecule has 0 saturated carbocycles. The second kappa shape index (κ2) is 7.12. The maximum Gasteiger partial charge on any atom is 0.247 e. The molecule has 4 rings (SSSR count). The molecule has 0 bridgehead atoms. The molecule has 0 unspecified atom stereocenters. The summed E-state index contributed by atoms with van der Waals surface area (Å²) in [6.07, 6.45) is 10.6. The number of aryl methyl sites for hydroxylation is 2. The van der Waals surface area contributed by atoms with Crippen LogP contribution in [0.4, 0.5) is 0 Å². The first-order chi connectivity index (χ1) is 12.7. The van der Waals surface area contributed by atoms with Gasteiger partial charge < -0.3 is 9.15 Å². The van der Waals surface area contributed by atoms with Gasteiger partial charge in [-0.15, -0.1) is 0 Å². The highest BCUT2D eigenvalue weighted by atomic mass is 16.5. The average molecular weight is 347 g/mol. The average Bonchev–Trinajstić information content (AvgIpc) is 3.03. The highest BCUT2D eigenvalue weighted by Crippen LogP contribution is 2.28. The molecule has 5 nitrogen and oxygen atoms in total. The molecule has 0 amide bonds. The van der Waals surface area contributed by atoms with E-state index in [1.807, 2.05) is 26.0 Å². The number of ether oxygens (including phenoxy) is 1. The molecule has 2 heterocycles. The Morgan fingerprint density at radius 1 is 1.15 bits per heavy atom. The second-order valence-corrected chi connectivity index (χ2v) is 6.43. The van der Waals surface area contributed by atoms with Crippen molar-refractivity contribution < 1.29 is 9.15 Å². The lowest BCUT2D eigenvalue weighted by Gasteiger charge is -2.15. The van der Waals surface area contributed by atoms with Crippen molar-refractivity contribution in [1.29, 1.82) is 0 Å². The Morgan fingerprint density at radius 2 is 2.08 bits per heavy atom. The first-order valence-electron chi connectivity index (χ1n) is 8.87. The number of aromatic nitrogens is 3. The Bertz CT molecular complexity index is 942. The summed E-state index contributed by atoms with van der Waals surface area (Å²) in [6, 6.07) is 6.22. The van der Waals surface area contributed by atoms with Gasteiger partial charge in [0.15, 0.2) is 0 Å². The van der Waals surface area contributed by atoms with E-state index in [4.69, 9.17) is 9.15 Å². The van der Waals surface area contributed by atoms with Crippen LogP contribution in [0.2, 0.25) is 0 Å². The summed E-state index contributed by atoms with van der Waals surface area (Å²) < 4.78 is 11.8. The Hall–Kier alpha value is -2.95. The van der Waals surface area contributed by atoms with Crippen molar-refractivity contribution in [3.8, 4) is 17.3 Å². The number of hydrogen-bond donors (Lipinski definition) is 0. The minimum absolute atomic E-state index is 0.507. The predicted octanol–water partition coefficient (Wildman–Crippen LogP) is 4.33. The van der Waals surface area contributed by atoms with E-state index in [2.05, 4.69) is 33.2 Å². The molecule has 3 aromatic rings. The molecule has 2 aromatic heterocycles. The van der Waals surface area contributed by atoms with Gasteiger partial charge in [0, 0.05) is 18.2 Å². The van der Waals surface area contributed by atoms with Gasteiger partial charge in [0.1, 0.15) is 17.2 Å². The first kappa shape index (κ1) is 16.5. The standard InChI is InChI=1S/C21H21N3O2/c1-14-12-23-19(13-22-14)21-24-18(15(2)26-21)10-11-25-20-9-5-7-16-6-3-4-8-17(16)20/h3,5-7,9,12-13H,4,8,10-11H2,1-2H3. The molecule has 0 radical (unpaired) electrons. The maximum atomic E-state index is 6.05. The fourth-order valence-electron chi connectivity index (χ4n) is 3.11. The van der Waals surface area contributed by atoms with E-state index in [-0.39, 0.29) is 0 Å².